The molecule has 0 unspecified atom stereocenters. The lowest BCUT2D eigenvalue weighted by atomic mass is 10.3. The molecule has 0 aromatic rings. The van der Waals surface area contributed by atoms with Crippen molar-refractivity contribution in [3.05, 3.63) is 24.3 Å². The summed E-state index contributed by atoms with van der Waals surface area (Å²) in [5, 5.41) is 10.3. The van der Waals surface area contributed by atoms with Crippen LogP contribution in [-0.4, -0.2) is 10.9 Å². The normalized spacial score (nSPS) is 13.3. The van der Waals surface area contributed by atoms with Gasteiger partial charge in [-0.15, -0.1) is 0 Å². The van der Waals surface area contributed by atoms with Crippen LogP contribution in [0.1, 0.15) is 13.8 Å². The number of aliphatic imine (C=N–C) groups is 1. The SMILES string of the molecule is C=CN/C(N=C(C)Cl)=C(\N)C(C)=N. The molecule has 0 heterocycles. The predicted octanol–water partition coefficient (Wildman–Crippen LogP) is 1.54. The lowest BCUT2D eigenvalue weighted by molar-refractivity contribution is 1.00. The number of allylic oxidation sites excluding steroid dienone is 1. The molecular formula is C8H13ClN4. The van der Waals surface area contributed by atoms with Crippen molar-refractivity contribution in [1.82, 2.24) is 5.32 Å². The Morgan fingerprint density at radius 1 is 1.62 bits per heavy atom. The average molecular weight is 201 g/mol. The van der Waals surface area contributed by atoms with E-state index in [2.05, 4.69) is 16.9 Å². The number of nitrogens with one attached hydrogen (secondary N) is 2. The fourth-order valence-corrected chi connectivity index (χ4v) is 0.683. The number of halogens is 1. The Morgan fingerprint density at radius 3 is 2.46 bits per heavy atom. The van der Waals surface area contributed by atoms with Crippen LogP contribution in [-0.2, 0) is 0 Å². The lowest BCUT2D eigenvalue weighted by Crippen LogP contribution is -2.17. The number of hydrogen-bond donors (Lipinski definition) is 3. The highest BCUT2D eigenvalue weighted by Crippen LogP contribution is 2.01. The van der Waals surface area contributed by atoms with Crippen molar-refractivity contribution in [3.63, 3.8) is 0 Å². The number of nitrogens with zero attached hydrogens (tertiary/aromatic N) is 1. The first kappa shape index (κ1) is 11.7. The van der Waals surface area contributed by atoms with E-state index in [1.165, 1.54) is 6.20 Å². The van der Waals surface area contributed by atoms with Crippen molar-refractivity contribution in [1.29, 1.82) is 5.41 Å². The van der Waals surface area contributed by atoms with Gasteiger partial charge in [-0.1, -0.05) is 18.2 Å². The van der Waals surface area contributed by atoms with Crippen LogP contribution < -0.4 is 11.1 Å². The van der Waals surface area contributed by atoms with Crippen molar-refractivity contribution >= 4 is 22.5 Å². The van der Waals surface area contributed by atoms with Gasteiger partial charge < -0.3 is 16.5 Å². The molecule has 0 aliphatic carbocycles. The molecule has 0 spiro atoms. The van der Waals surface area contributed by atoms with Crippen molar-refractivity contribution in [2.75, 3.05) is 0 Å². The molecule has 5 heteroatoms. The smallest absolute Gasteiger partial charge is 0.156 e. The van der Waals surface area contributed by atoms with E-state index in [0.29, 0.717) is 11.0 Å². The van der Waals surface area contributed by atoms with Gasteiger partial charge in [-0.05, 0) is 20.0 Å². The van der Waals surface area contributed by atoms with Crippen LogP contribution in [0.4, 0.5) is 0 Å². The first-order valence-corrected chi connectivity index (χ1v) is 4.00. The molecule has 0 saturated heterocycles. The van der Waals surface area contributed by atoms with E-state index in [4.69, 9.17) is 22.7 Å². The summed E-state index contributed by atoms with van der Waals surface area (Å²) in [6, 6.07) is 0. The Hall–Kier alpha value is -1.29. The standard InChI is InChI=1S/C8H13ClN4/c1-4-12-8(13-6(3)9)7(11)5(2)10/h4,10,12H,1,11H2,2-3H3/b8-7+,10-5?,13-6?. The highest BCUT2D eigenvalue weighted by atomic mass is 35.5. The van der Waals surface area contributed by atoms with Crippen LogP contribution >= 0.6 is 11.6 Å². The third-order valence-electron chi connectivity index (χ3n) is 1.16. The Balaban J connectivity index is 4.99. The zero-order valence-electron chi connectivity index (χ0n) is 7.69. The zero-order valence-corrected chi connectivity index (χ0v) is 8.44. The second-order valence-corrected chi connectivity index (χ2v) is 2.89. The van der Waals surface area contributed by atoms with E-state index in [-0.39, 0.29) is 11.4 Å². The van der Waals surface area contributed by atoms with Crippen LogP contribution in [0, 0.1) is 5.41 Å². The van der Waals surface area contributed by atoms with Gasteiger partial charge in [0.25, 0.3) is 0 Å². The monoisotopic (exact) mass is 200 g/mol. The van der Waals surface area contributed by atoms with Gasteiger partial charge in [-0.25, -0.2) is 4.99 Å². The van der Waals surface area contributed by atoms with Crippen LogP contribution in [0.25, 0.3) is 0 Å². The fraction of sp³-hybridized carbons (Fsp3) is 0.250. The van der Waals surface area contributed by atoms with Gasteiger partial charge in [0.15, 0.2) is 5.82 Å². The lowest BCUT2D eigenvalue weighted by Gasteiger charge is -2.05. The topological polar surface area (TPSA) is 74.3 Å². The summed E-state index contributed by atoms with van der Waals surface area (Å²) in [6.07, 6.45) is 1.43. The predicted molar refractivity (Wildman–Crippen MR) is 56.9 cm³/mol. The molecule has 0 radical (unpaired) electrons. The third kappa shape index (κ3) is 4.32. The molecule has 0 aliphatic rings. The van der Waals surface area contributed by atoms with Crippen molar-refractivity contribution in [3.8, 4) is 0 Å². The van der Waals surface area contributed by atoms with Gasteiger partial charge in [0, 0.05) is 0 Å². The van der Waals surface area contributed by atoms with Crippen LogP contribution in [0.3, 0.4) is 0 Å². The van der Waals surface area contributed by atoms with Crippen LogP contribution in [0.2, 0.25) is 0 Å². The largest absolute Gasteiger partial charge is 0.394 e. The Bertz CT molecular complexity index is 274. The molecule has 0 bridgehead atoms. The Labute approximate surface area is 82.7 Å². The molecule has 0 saturated carbocycles. The summed E-state index contributed by atoms with van der Waals surface area (Å²) in [5.41, 5.74) is 6.05. The van der Waals surface area contributed by atoms with Crippen LogP contribution in [0.15, 0.2) is 29.3 Å². The van der Waals surface area contributed by atoms with E-state index < -0.39 is 0 Å². The zero-order chi connectivity index (χ0) is 10.4. The number of nitrogens with two attached hydrogens (primary N) is 1. The summed E-state index contributed by atoms with van der Waals surface area (Å²) in [5.74, 6) is 0.343. The Morgan fingerprint density at radius 2 is 2.15 bits per heavy atom. The fourth-order valence-electron chi connectivity index (χ4n) is 0.599. The summed E-state index contributed by atoms with van der Waals surface area (Å²) in [4.78, 5) is 3.90. The maximum atomic E-state index is 7.28. The molecule has 0 aromatic heterocycles. The van der Waals surface area contributed by atoms with Crippen molar-refractivity contribution < 1.29 is 0 Å². The summed E-state index contributed by atoms with van der Waals surface area (Å²) >= 11 is 5.57. The molecule has 4 nitrogen and oxygen atoms in total. The van der Waals surface area contributed by atoms with E-state index in [0.717, 1.165) is 0 Å². The Kier molecular flexibility index (Phi) is 4.84. The summed E-state index contributed by atoms with van der Waals surface area (Å²) < 4.78 is 0. The quantitative estimate of drug-likeness (QED) is 0.603. The minimum absolute atomic E-state index is 0.228. The number of rotatable bonds is 4. The van der Waals surface area contributed by atoms with E-state index >= 15 is 0 Å². The maximum absolute atomic E-state index is 7.28. The molecule has 13 heavy (non-hydrogen) atoms. The van der Waals surface area contributed by atoms with Crippen LogP contribution in [0.5, 0.6) is 0 Å². The summed E-state index contributed by atoms with van der Waals surface area (Å²) in [7, 11) is 0. The first-order valence-electron chi connectivity index (χ1n) is 3.62. The maximum Gasteiger partial charge on any atom is 0.156 e. The molecule has 0 amide bonds. The minimum Gasteiger partial charge on any atom is -0.394 e. The minimum atomic E-state index is 0.228. The van der Waals surface area contributed by atoms with E-state index in [9.17, 15) is 0 Å². The molecule has 0 aliphatic heterocycles. The highest BCUT2D eigenvalue weighted by Gasteiger charge is 2.02. The van der Waals surface area contributed by atoms with Gasteiger partial charge in [-0.2, -0.15) is 0 Å². The highest BCUT2D eigenvalue weighted by molar-refractivity contribution is 6.64. The van der Waals surface area contributed by atoms with Gasteiger partial charge in [-0.3, -0.25) is 0 Å². The van der Waals surface area contributed by atoms with Gasteiger partial charge >= 0.3 is 0 Å². The second-order valence-electron chi connectivity index (χ2n) is 2.34. The average Bonchev–Trinajstić information content (AvgIpc) is 2.01. The molecular weight excluding hydrogens is 188 g/mol. The van der Waals surface area contributed by atoms with E-state index in [1.807, 2.05) is 0 Å². The molecule has 0 rings (SSSR count). The third-order valence-corrected chi connectivity index (χ3v) is 1.25. The molecule has 0 aromatic carbocycles. The number of hydrogen-bond acceptors (Lipinski definition) is 4. The molecule has 4 N–H and O–H groups in total. The van der Waals surface area contributed by atoms with Crippen molar-refractivity contribution in [2.45, 2.75) is 13.8 Å². The first-order chi connectivity index (χ1) is 5.99. The molecule has 0 atom stereocenters. The van der Waals surface area contributed by atoms with Crippen molar-refractivity contribution in [2.24, 2.45) is 10.7 Å². The van der Waals surface area contributed by atoms with Gasteiger partial charge in [0.1, 0.15) is 5.17 Å². The second kappa shape index (κ2) is 5.37. The molecule has 0 fully saturated rings. The van der Waals surface area contributed by atoms with E-state index in [1.54, 1.807) is 13.8 Å². The summed E-state index contributed by atoms with van der Waals surface area (Å²) in [6.45, 7) is 6.66. The van der Waals surface area contributed by atoms with Gasteiger partial charge in [0.05, 0.1) is 11.4 Å². The molecule has 72 valence electrons. The van der Waals surface area contributed by atoms with Gasteiger partial charge in [0.2, 0.25) is 0 Å².